The van der Waals surface area contributed by atoms with Crippen molar-refractivity contribution in [2.24, 2.45) is 0 Å². The van der Waals surface area contributed by atoms with E-state index in [2.05, 4.69) is 11.9 Å². The fourth-order valence-electron chi connectivity index (χ4n) is 1.42. The van der Waals surface area contributed by atoms with Crippen molar-refractivity contribution in [1.29, 1.82) is 0 Å². The van der Waals surface area contributed by atoms with Gasteiger partial charge in [-0.15, -0.1) is 6.58 Å². The van der Waals surface area contributed by atoms with Crippen LogP contribution in [0.25, 0.3) is 0 Å². The molecule has 0 rings (SSSR count). The van der Waals surface area contributed by atoms with Crippen LogP contribution >= 0.6 is 0 Å². The molecule has 0 heterocycles. The van der Waals surface area contributed by atoms with E-state index in [1.165, 1.54) is 0 Å². The molecule has 0 saturated heterocycles. The smallest absolute Gasteiger partial charge is 0.326 e. The van der Waals surface area contributed by atoms with Crippen LogP contribution in [0, 0.1) is 0 Å². The zero-order valence-electron chi connectivity index (χ0n) is 12.3. The molecule has 0 aromatic carbocycles. The lowest BCUT2D eigenvalue weighted by Gasteiger charge is -2.21. The van der Waals surface area contributed by atoms with E-state index in [1.807, 2.05) is 0 Å². The summed E-state index contributed by atoms with van der Waals surface area (Å²) in [7, 11) is 0. The predicted molar refractivity (Wildman–Crippen MR) is 74.1 cm³/mol. The molecule has 0 aromatic heterocycles. The first kappa shape index (κ1) is 18.1. The van der Waals surface area contributed by atoms with E-state index in [-0.39, 0.29) is 12.8 Å². The number of carbonyl (C=O) groups excluding carboxylic acids is 2. The van der Waals surface area contributed by atoms with Crippen LogP contribution in [-0.2, 0) is 19.1 Å². The molecule has 1 atom stereocenters. The molecule has 114 valence electrons. The number of esters is 1. The van der Waals surface area contributed by atoms with E-state index in [0.717, 1.165) is 0 Å². The van der Waals surface area contributed by atoms with Gasteiger partial charge in [0.25, 0.3) is 0 Å². The Hall–Kier alpha value is -1.85. The molecular formula is C14H23NO5. The summed E-state index contributed by atoms with van der Waals surface area (Å²) in [6.07, 6.45) is 2.76. The zero-order valence-corrected chi connectivity index (χ0v) is 12.3. The number of carboxylic acid groups (broad SMARTS) is 1. The molecule has 0 aliphatic heterocycles. The number of amides is 1. The Labute approximate surface area is 119 Å². The summed E-state index contributed by atoms with van der Waals surface area (Å²) in [4.78, 5) is 34.1. The summed E-state index contributed by atoms with van der Waals surface area (Å²) in [5.74, 6) is -2.31. The highest BCUT2D eigenvalue weighted by molar-refractivity contribution is 5.87. The van der Waals surface area contributed by atoms with Crippen LogP contribution in [0.4, 0.5) is 0 Å². The quantitative estimate of drug-likeness (QED) is 0.402. The molecule has 0 radical (unpaired) electrons. The monoisotopic (exact) mass is 285 g/mol. The number of allylic oxidation sites excluding steroid dienone is 1. The van der Waals surface area contributed by atoms with Crippen molar-refractivity contribution in [2.75, 3.05) is 0 Å². The summed E-state index contributed by atoms with van der Waals surface area (Å²) in [6.45, 7) is 8.60. The normalized spacial score (nSPS) is 12.3. The van der Waals surface area contributed by atoms with Crippen LogP contribution in [0.3, 0.4) is 0 Å². The van der Waals surface area contributed by atoms with Gasteiger partial charge in [0.2, 0.25) is 5.91 Å². The molecule has 0 fully saturated rings. The lowest BCUT2D eigenvalue weighted by molar-refractivity contribution is -0.158. The topological polar surface area (TPSA) is 92.7 Å². The number of aliphatic carboxylic acids is 1. The molecule has 0 aliphatic rings. The summed E-state index contributed by atoms with van der Waals surface area (Å²) in [5.41, 5.74) is -0.686. The van der Waals surface area contributed by atoms with Crippen LogP contribution in [0.1, 0.15) is 46.5 Å². The molecule has 2 N–H and O–H groups in total. The highest BCUT2D eigenvalue weighted by atomic mass is 16.6. The molecule has 1 amide bonds. The molecule has 0 aromatic rings. The van der Waals surface area contributed by atoms with Gasteiger partial charge in [-0.3, -0.25) is 9.59 Å². The molecule has 0 unspecified atom stereocenters. The maximum absolute atomic E-state index is 11.6. The van der Waals surface area contributed by atoms with Gasteiger partial charge in [-0.05, 0) is 33.6 Å². The second-order valence-electron chi connectivity index (χ2n) is 5.43. The van der Waals surface area contributed by atoms with Crippen molar-refractivity contribution in [3.8, 4) is 0 Å². The van der Waals surface area contributed by atoms with Crippen LogP contribution in [0.5, 0.6) is 0 Å². The fraction of sp³-hybridized carbons (Fsp3) is 0.643. The number of rotatable bonds is 8. The van der Waals surface area contributed by atoms with Crippen molar-refractivity contribution >= 4 is 17.8 Å². The Kier molecular flexibility index (Phi) is 7.57. The summed E-state index contributed by atoms with van der Waals surface area (Å²) >= 11 is 0. The lowest BCUT2D eigenvalue weighted by atomic mass is 10.1. The first-order valence-corrected chi connectivity index (χ1v) is 6.50. The highest BCUT2D eigenvalue weighted by Gasteiger charge is 2.26. The van der Waals surface area contributed by atoms with Gasteiger partial charge in [-0.25, -0.2) is 4.79 Å². The predicted octanol–water partition coefficient (Wildman–Crippen LogP) is 1.64. The molecule has 0 bridgehead atoms. The number of carboxylic acids is 1. The number of hydrogen-bond donors (Lipinski definition) is 2. The van der Waals surface area contributed by atoms with Gasteiger partial charge in [0, 0.05) is 6.42 Å². The Bertz CT molecular complexity index is 370. The largest absolute Gasteiger partial charge is 0.480 e. The molecule has 0 spiro atoms. The molecule has 0 aliphatic carbocycles. The Balaban J connectivity index is 4.36. The highest BCUT2D eigenvalue weighted by Crippen LogP contribution is 2.09. The molecule has 0 saturated carbocycles. The third kappa shape index (κ3) is 9.13. The van der Waals surface area contributed by atoms with E-state index in [0.29, 0.717) is 12.8 Å². The van der Waals surface area contributed by atoms with Crippen molar-refractivity contribution in [3.63, 3.8) is 0 Å². The van der Waals surface area contributed by atoms with E-state index in [9.17, 15) is 14.4 Å². The minimum atomic E-state index is -1.26. The third-order valence-electron chi connectivity index (χ3n) is 2.24. The standard InChI is InChI=1S/C14H23NO5/c1-5-6-7-8-11(16)15-10(13(18)19)9-12(17)20-14(2,3)4/h5,10H,1,6-9H2,2-4H3,(H,15,16)(H,18,19)/t10-/m0/s1. The number of nitrogens with one attached hydrogen (secondary N) is 1. The van der Waals surface area contributed by atoms with Gasteiger partial charge < -0.3 is 15.2 Å². The number of ether oxygens (including phenoxy) is 1. The van der Waals surface area contributed by atoms with Gasteiger partial charge >= 0.3 is 11.9 Å². The summed E-state index contributed by atoms with van der Waals surface area (Å²) < 4.78 is 5.03. The van der Waals surface area contributed by atoms with Crippen molar-refractivity contribution in [2.45, 2.75) is 58.1 Å². The SMILES string of the molecule is C=CCCCC(=O)N[C@@H](CC(=O)OC(C)(C)C)C(=O)O. The van der Waals surface area contributed by atoms with E-state index >= 15 is 0 Å². The summed E-state index contributed by atoms with van der Waals surface area (Å²) in [5, 5.41) is 11.3. The van der Waals surface area contributed by atoms with Crippen LogP contribution in [0.2, 0.25) is 0 Å². The fourth-order valence-corrected chi connectivity index (χ4v) is 1.42. The maximum Gasteiger partial charge on any atom is 0.326 e. The third-order valence-corrected chi connectivity index (χ3v) is 2.24. The second-order valence-corrected chi connectivity index (χ2v) is 5.43. The number of unbranched alkanes of at least 4 members (excludes halogenated alkanes) is 1. The van der Waals surface area contributed by atoms with Gasteiger partial charge in [0.1, 0.15) is 11.6 Å². The van der Waals surface area contributed by atoms with Crippen LogP contribution < -0.4 is 5.32 Å². The van der Waals surface area contributed by atoms with Crippen molar-refractivity contribution in [1.82, 2.24) is 5.32 Å². The minimum absolute atomic E-state index is 0.199. The van der Waals surface area contributed by atoms with Crippen molar-refractivity contribution in [3.05, 3.63) is 12.7 Å². The number of hydrogen-bond acceptors (Lipinski definition) is 4. The molecule has 20 heavy (non-hydrogen) atoms. The van der Waals surface area contributed by atoms with Crippen molar-refractivity contribution < 1.29 is 24.2 Å². The zero-order chi connectivity index (χ0) is 15.8. The van der Waals surface area contributed by atoms with Gasteiger partial charge in [-0.1, -0.05) is 6.08 Å². The van der Waals surface area contributed by atoms with E-state index < -0.39 is 29.5 Å². The number of carbonyl (C=O) groups is 3. The first-order valence-electron chi connectivity index (χ1n) is 6.50. The molecular weight excluding hydrogens is 262 g/mol. The average molecular weight is 285 g/mol. The Morgan fingerprint density at radius 1 is 1.35 bits per heavy atom. The average Bonchev–Trinajstić information content (AvgIpc) is 2.25. The molecule has 6 heteroatoms. The minimum Gasteiger partial charge on any atom is -0.480 e. The maximum atomic E-state index is 11.6. The first-order chi connectivity index (χ1) is 9.15. The Morgan fingerprint density at radius 3 is 2.40 bits per heavy atom. The van der Waals surface area contributed by atoms with E-state index in [4.69, 9.17) is 9.84 Å². The lowest BCUT2D eigenvalue weighted by Crippen LogP contribution is -2.43. The van der Waals surface area contributed by atoms with E-state index in [1.54, 1.807) is 26.8 Å². The second kappa shape index (κ2) is 8.35. The molecule has 6 nitrogen and oxygen atoms in total. The van der Waals surface area contributed by atoms with Crippen LogP contribution in [-0.4, -0.2) is 34.6 Å². The summed E-state index contributed by atoms with van der Waals surface area (Å²) in [6, 6.07) is -1.26. The van der Waals surface area contributed by atoms with Gasteiger partial charge in [0.05, 0.1) is 6.42 Å². The van der Waals surface area contributed by atoms with Crippen LogP contribution in [0.15, 0.2) is 12.7 Å². The van der Waals surface area contributed by atoms with Gasteiger partial charge in [0.15, 0.2) is 0 Å². The van der Waals surface area contributed by atoms with Gasteiger partial charge in [-0.2, -0.15) is 0 Å². The Morgan fingerprint density at radius 2 is 1.95 bits per heavy atom.